The van der Waals surface area contributed by atoms with Crippen molar-refractivity contribution >= 4 is 50.7 Å². The normalized spacial score (nSPS) is 12.8. The molecule has 0 saturated heterocycles. The smallest absolute Gasteiger partial charge is 0.264 e. The average Bonchev–Trinajstić information content (AvgIpc) is 2.95. The number of carbonyl (C=O) groups is 2. The summed E-state index contributed by atoms with van der Waals surface area (Å²) in [5.74, 6) is -0.545. The zero-order valence-electron chi connectivity index (χ0n) is 22.8. The van der Waals surface area contributed by atoms with Gasteiger partial charge in [0.05, 0.1) is 17.7 Å². The first-order chi connectivity index (χ1) is 19.0. The van der Waals surface area contributed by atoms with Gasteiger partial charge in [0.1, 0.15) is 18.3 Å². The third kappa shape index (κ3) is 7.68. The number of benzene rings is 3. The summed E-state index contributed by atoms with van der Waals surface area (Å²) in [6.07, 6.45) is 0.703. The van der Waals surface area contributed by atoms with Gasteiger partial charge in [-0.25, -0.2) is 8.42 Å². The largest absolute Gasteiger partial charge is 0.497 e. The lowest BCUT2D eigenvalue weighted by molar-refractivity contribution is -0.139. The average molecular weight is 607 g/mol. The Morgan fingerprint density at radius 3 is 2.30 bits per heavy atom. The molecule has 0 spiro atoms. The Kier molecular flexibility index (Phi) is 10.8. The van der Waals surface area contributed by atoms with Crippen LogP contribution in [-0.2, 0) is 26.2 Å². The van der Waals surface area contributed by atoms with Crippen LogP contribution in [0.25, 0.3) is 0 Å². The highest BCUT2D eigenvalue weighted by molar-refractivity contribution is 7.92. The number of hydrogen-bond donors (Lipinski definition) is 1. The number of nitrogens with one attached hydrogen (secondary N) is 1. The van der Waals surface area contributed by atoms with E-state index in [1.54, 1.807) is 61.5 Å². The van der Waals surface area contributed by atoms with E-state index in [2.05, 4.69) is 5.32 Å². The monoisotopic (exact) mass is 605 g/mol. The Balaban J connectivity index is 2.05. The first-order valence-corrected chi connectivity index (χ1v) is 14.9. The van der Waals surface area contributed by atoms with Gasteiger partial charge in [-0.15, -0.1) is 0 Å². The number of carbonyl (C=O) groups excluding carboxylic acids is 2. The van der Waals surface area contributed by atoms with E-state index in [0.29, 0.717) is 27.8 Å². The minimum Gasteiger partial charge on any atom is -0.497 e. The van der Waals surface area contributed by atoms with E-state index in [-0.39, 0.29) is 29.1 Å². The molecule has 3 aromatic carbocycles. The predicted molar refractivity (Wildman–Crippen MR) is 158 cm³/mol. The van der Waals surface area contributed by atoms with Crippen LogP contribution in [-0.4, -0.2) is 50.9 Å². The van der Waals surface area contributed by atoms with Crippen LogP contribution in [0.4, 0.5) is 5.69 Å². The summed E-state index contributed by atoms with van der Waals surface area (Å²) in [6.45, 7) is 4.79. The lowest BCUT2D eigenvalue weighted by Crippen LogP contribution is -2.52. The molecular formula is C29H33Cl2N3O5S. The van der Waals surface area contributed by atoms with Crippen LogP contribution in [0.2, 0.25) is 10.0 Å². The number of sulfonamides is 1. The number of amides is 2. The van der Waals surface area contributed by atoms with Gasteiger partial charge in [0.2, 0.25) is 11.8 Å². The van der Waals surface area contributed by atoms with Crippen LogP contribution >= 0.6 is 23.2 Å². The SMILES string of the molecule is CCC(C)NC(=O)C(C)N(Cc1ccc(Cl)cc1Cl)C(=O)CN(c1cccc(OC)c1)S(=O)(=O)c1ccccc1. The summed E-state index contributed by atoms with van der Waals surface area (Å²) in [5, 5.41) is 3.64. The van der Waals surface area contributed by atoms with Gasteiger partial charge in [-0.1, -0.05) is 60.5 Å². The van der Waals surface area contributed by atoms with Gasteiger partial charge in [0, 0.05) is 28.7 Å². The second-order valence-electron chi connectivity index (χ2n) is 9.28. The topological polar surface area (TPSA) is 96.0 Å². The molecule has 8 nitrogen and oxygen atoms in total. The molecule has 2 unspecified atom stereocenters. The highest BCUT2D eigenvalue weighted by Crippen LogP contribution is 2.28. The van der Waals surface area contributed by atoms with Crippen molar-refractivity contribution in [3.8, 4) is 5.75 Å². The van der Waals surface area contributed by atoms with Crippen LogP contribution < -0.4 is 14.4 Å². The molecule has 0 fully saturated rings. The lowest BCUT2D eigenvalue weighted by atomic mass is 10.1. The van der Waals surface area contributed by atoms with Crippen molar-refractivity contribution in [3.63, 3.8) is 0 Å². The molecule has 1 N–H and O–H groups in total. The molecule has 0 aliphatic rings. The lowest BCUT2D eigenvalue weighted by Gasteiger charge is -2.32. The standard InChI is InChI=1S/C29H33Cl2N3O5S/c1-5-20(2)32-29(36)21(3)33(18-22-14-15-23(30)16-27(22)31)28(35)19-34(24-10-9-11-25(17-24)39-4)40(37,38)26-12-7-6-8-13-26/h6-17,20-21H,5,18-19H2,1-4H3,(H,32,36). The fraction of sp³-hybridized carbons (Fsp3) is 0.310. The van der Waals surface area contributed by atoms with Gasteiger partial charge in [-0.2, -0.15) is 0 Å². The molecule has 3 aromatic rings. The number of anilines is 1. The molecule has 0 saturated carbocycles. The first-order valence-electron chi connectivity index (χ1n) is 12.7. The van der Waals surface area contributed by atoms with Crippen molar-refractivity contribution in [2.24, 2.45) is 0 Å². The molecule has 0 radical (unpaired) electrons. The molecule has 2 atom stereocenters. The maximum absolute atomic E-state index is 14.0. The number of nitrogens with zero attached hydrogens (tertiary/aromatic N) is 2. The molecule has 0 aromatic heterocycles. The van der Waals surface area contributed by atoms with Crippen LogP contribution in [0.15, 0.2) is 77.7 Å². The highest BCUT2D eigenvalue weighted by Gasteiger charge is 2.33. The molecule has 0 aliphatic heterocycles. The Morgan fingerprint density at radius 1 is 0.975 bits per heavy atom. The molecule has 3 rings (SSSR count). The fourth-order valence-electron chi connectivity index (χ4n) is 3.90. The molecule has 0 bridgehead atoms. The van der Waals surface area contributed by atoms with Crippen LogP contribution in [0.1, 0.15) is 32.8 Å². The Hall–Kier alpha value is -3.27. The fourth-order valence-corrected chi connectivity index (χ4v) is 5.79. The van der Waals surface area contributed by atoms with E-state index < -0.39 is 28.5 Å². The zero-order valence-corrected chi connectivity index (χ0v) is 25.1. The van der Waals surface area contributed by atoms with Crippen molar-refractivity contribution in [3.05, 3.63) is 88.4 Å². The highest BCUT2D eigenvalue weighted by atomic mass is 35.5. The molecule has 2 amide bonds. The summed E-state index contributed by atoms with van der Waals surface area (Å²) in [5.41, 5.74) is 0.791. The van der Waals surface area contributed by atoms with Gasteiger partial charge >= 0.3 is 0 Å². The maximum Gasteiger partial charge on any atom is 0.264 e. The molecule has 40 heavy (non-hydrogen) atoms. The summed E-state index contributed by atoms with van der Waals surface area (Å²) in [4.78, 5) is 28.5. The molecular weight excluding hydrogens is 573 g/mol. The number of hydrogen-bond acceptors (Lipinski definition) is 5. The summed E-state index contributed by atoms with van der Waals surface area (Å²) < 4.78 is 34.0. The van der Waals surface area contributed by atoms with Gasteiger partial charge < -0.3 is 15.0 Å². The van der Waals surface area contributed by atoms with E-state index in [4.69, 9.17) is 27.9 Å². The van der Waals surface area contributed by atoms with E-state index in [0.717, 1.165) is 4.31 Å². The van der Waals surface area contributed by atoms with Crippen LogP contribution in [0.5, 0.6) is 5.75 Å². The van der Waals surface area contributed by atoms with E-state index in [1.165, 1.54) is 30.2 Å². The van der Waals surface area contributed by atoms with Gasteiger partial charge in [-0.05, 0) is 62.2 Å². The molecule has 0 heterocycles. The van der Waals surface area contributed by atoms with E-state index in [9.17, 15) is 18.0 Å². The maximum atomic E-state index is 14.0. The number of ether oxygens (including phenoxy) is 1. The van der Waals surface area contributed by atoms with Gasteiger partial charge in [0.15, 0.2) is 0 Å². The Bertz CT molecular complexity index is 1440. The van der Waals surface area contributed by atoms with E-state index >= 15 is 0 Å². The second-order valence-corrected chi connectivity index (χ2v) is 12.0. The quantitative estimate of drug-likeness (QED) is 0.293. The van der Waals surface area contributed by atoms with Crippen LogP contribution in [0, 0.1) is 0 Å². The number of halogens is 2. The molecule has 0 aliphatic carbocycles. The van der Waals surface area contributed by atoms with Gasteiger partial charge in [-0.3, -0.25) is 13.9 Å². The predicted octanol–water partition coefficient (Wildman–Crippen LogP) is 5.53. The van der Waals surface area contributed by atoms with Crippen molar-refractivity contribution < 1.29 is 22.7 Å². The van der Waals surface area contributed by atoms with Crippen LogP contribution in [0.3, 0.4) is 0 Å². The Labute approximate surface area is 245 Å². The van der Waals surface area contributed by atoms with Crippen molar-refractivity contribution in [2.45, 2.75) is 50.7 Å². The second kappa shape index (κ2) is 13.9. The summed E-state index contributed by atoms with van der Waals surface area (Å²) in [6, 6.07) is 18.1. The Morgan fingerprint density at radius 2 is 1.68 bits per heavy atom. The summed E-state index contributed by atoms with van der Waals surface area (Å²) >= 11 is 12.5. The van der Waals surface area contributed by atoms with Crippen molar-refractivity contribution in [1.82, 2.24) is 10.2 Å². The van der Waals surface area contributed by atoms with Crippen molar-refractivity contribution in [1.29, 1.82) is 0 Å². The van der Waals surface area contributed by atoms with Crippen molar-refractivity contribution in [2.75, 3.05) is 18.0 Å². The van der Waals surface area contributed by atoms with E-state index in [1.807, 2.05) is 13.8 Å². The number of methoxy groups -OCH3 is 1. The minimum absolute atomic E-state index is 0.0143. The molecule has 11 heteroatoms. The third-order valence-corrected chi connectivity index (χ3v) is 8.85. The number of rotatable bonds is 12. The first kappa shape index (κ1) is 31.3. The molecule has 214 valence electrons. The third-order valence-electron chi connectivity index (χ3n) is 6.48. The zero-order chi connectivity index (χ0) is 29.4. The summed E-state index contributed by atoms with van der Waals surface area (Å²) in [7, 11) is -2.71. The minimum atomic E-state index is -4.18. The van der Waals surface area contributed by atoms with Gasteiger partial charge in [0.25, 0.3) is 10.0 Å².